The first-order chi connectivity index (χ1) is 21.3. The van der Waals surface area contributed by atoms with Crippen molar-refractivity contribution in [2.45, 2.75) is 81.4 Å². The summed E-state index contributed by atoms with van der Waals surface area (Å²) in [5.41, 5.74) is 2.18. The molecule has 0 aliphatic heterocycles. The molecule has 3 N–H and O–H groups in total. The van der Waals surface area contributed by atoms with E-state index in [0.29, 0.717) is 59.7 Å². The van der Waals surface area contributed by atoms with Crippen LogP contribution in [-0.2, 0) is 16.4 Å². The van der Waals surface area contributed by atoms with Crippen LogP contribution in [0.1, 0.15) is 57.4 Å². The molecule has 2 aliphatic rings. The Morgan fingerprint density at radius 1 is 1.02 bits per heavy atom. The number of nitrogens with one attached hydrogen (secondary N) is 2. The highest BCUT2D eigenvalue weighted by atomic mass is 32.2. The Morgan fingerprint density at radius 3 is 2.49 bits per heavy atom. The summed E-state index contributed by atoms with van der Waals surface area (Å²) in [4.78, 5) is 17.8. The fourth-order valence-corrected chi connectivity index (χ4v) is 6.72. The third-order valence-electron chi connectivity index (χ3n) is 8.06. The van der Waals surface area contributed by atoms with Gasteiger partial charge in [0.05, 0.1) is 34.5 Å². The Balaban J connectivity index is 1.24. The molecule has 0 unspecified atom stereocenters. The Bertz CT molecular complexity index is 1760. The van der Waals surface area contributed by atoms with Crippen LogP contribution in [0.5, 0.6) is 0 Å². The molecule has 11 nitrogen and oxygen atoms in total. The minimum Gasteiger partial charge on any atom is -0.390 e. The van der Waals surface area contributed by atoms with Crippen molar-refractivity contribution in [3.63, 3.8) is 0 Å². The van der Waals surface area contributed by atoms with Gasteiger partial charge in [-0.25, -0.2) is 23.4 Å². The van der Waals surface area contributed by atoms with Gasteiger partial charge < -0.3 is 15.7 Å². The summed E-state index contributed by atoms with van der Waals surface area (Å²) in [7, 11) is -3.52. The second-order valence-corrected chi connectivity index (χ2v) is 14.0. The van der Waals surface area contributed by atoms with E-state index >= 15 is 0 Å². The summed E-state index contributed by atoms with van der Waals surface area (Å²) < 4.78 is 64.1. The van der Waals surface area contributed by atoms with Crippen molar-refractivity contribution in [3.05, 3.63) is 60.8 Å². The van der Waals surface area contributed by atoms with Gasteiger partial charge in [-0.15, -0.1) is 0 Å². The van der Waals surface area contributed by atoms with E-state index in [1.165, 1.54) is 18.6 Å². The second kappa shape index (κ2) is 12.0. The summed E-state index contributed by atoms with van der Waals surface area (Å²) in [5.74, 6) is 1.17. The van der Waals surface area contributed by atoms with Gasteiger partial charge in [-0.2, -0.15) is 22.4 Å². The van der Waals surface area contributed by atoms with E-state index in [-0.39, 0.29) is 18.3 Å². The van der Waals surface area contributed by atoms with E-state index in [9.17, 15) is 26.7 Å². The molecule has 2 aliphatic carbocycles. The third-order valence-corrected chi connectivity index (χ3v) is 10.1. The minimum absolute atomic E-state index is 0.0828. The number of pyridine rings is 2. The third kappa shape index (κ3) is 7.59. The maximum Gasteiger partial charge on any atom is 0.389 e. The van der Waals surface area contributed by atoms with Gasteiger partial charge in [0.2, 0.25) is 0 Å². The number of aryl methyl sites for hydroxylation is 1. The fourth-order valence-electron chi connectivity index (χ4n) is 5.25. The summed E-state index contributed by atoms with van der Waals surface area (Å²) >= 11 is 0. The summed E-state index contributed by atoms with van der Waals surface area (Å²) in [5, 5.41) is 20.8. The van der Waals surface area contributed by atoms with Gasteiger partial charge in [0.15, 0.2) is 5.82 Å². The molecule has 2 saturated carbocycles. The number of anilines is 3. The molecule has 0 aromatic carbocycles. The highest BCUT2D eigenvalue weighted by Crippen LogP contribution is 2.35. The van der Waals surface area contributed by atoms with Crippen molar-refractivity contribution < 1.29 is 26.7 Å². The van der Waals surface area contributed by atoms with Crippen LogP contribution in [0.4, 0.5) is 30.5 Å². The molecule has 0 bridgehead atoms. The van der Waals surface area contributed by atoms with E-state index in [4.69, 9.17) is 0 Å². The minimum atomic E-state index is -4.24. The average molecular weight is 643 g/mol. The highest BCUT2D eigenvalue weighted by molar-refractivity contribution is 7.90. The van der Waals surface area contributed by atoms with Crippen LogP contribution >= 0.6 is 0 Å². The van der Waals surface area contributed by atoms with Crippen LogP contribution in [0.15, 0.2) is 55.2 Å². The number of aliphatic hydroxyl groups is 1. The molecule has 4 aromatic rings. The SMILES string of the molecule is CC1(O)CCC(Nc2cc(Nc3ccnc(-c4cnn(S(=O)(=O)C5CC5)c4)n3)ncc2-c2ccc(CCC(F)(F)F)cn2)CC1. The van der Waals surface area contributed by atoms with Gasteiger partial charge in [0, 0.05) is 48.4 Å². The molecule has 0 radical (unpaired) electrons. The largest absolute Gasteiger partial charge is 0.390 e. The number of nitrogens with zero attached hydrogens (tertiary/aromatic N) is 6. The standard InChI is InChI=1S/C30H33F3N8O3S/c1-29(42)10-7-21(8-11-29)38-25-14-27(36-17-23(25)24-5-2-19(15-35-24)6-12-30(31,32)33)39-26-9-13-34-28(40-26)20-16-37-41(18-20)45(43,44)22-3-4-22/h2,5,9,13-18,21-22,42H,3-4,6-8,10-12H2,1H3,(H2,34,36,38,39,40). The molecule has 4 aromatic heterocycles. The molecule has 238 valence electrons. The zero-order valence-electron chi connectivity index (χ0n) is 24.5. The summed E-state index contributed by atoms with van der Waals surface area (Å²) in [6, 6.07) is 6.88. The van der Waals surface area contributed by atoms with Gasteiger partial charge in [-0.05, 0) is 69.6 Å². The van der Waals surface area contributed by atoms with Crippen LogP contribution in [-0.4, -0.2) is 65.7 Å². The van der Waals surface area contributed by atoms with Crippen LogP contribution in [0.2, 0.25) is 0 Å². The van der Waals surface area contributed by atoms with Crippen molar-refractivity contribution in [1.29, 1.82) is 0 Å². The Morgan fingerprint density at radius 2 is 1.80 bits per heavy atom. The molecule has 6 rings (SSSR count). The van der Waals surface area contributed by atoms with E-state index in [1.54, 1.807) is 30.6 Å². The summed E-state index contributed by atoms with van der Waals surface area (Å²) in [6.45, 7) is 1.83. The number of alkyl halides is 3. The Hall–Kier alpha value is -4.11. The van der Waals surface area contributed by atoms with E-state index in [0.717, 1.165) is 22.6 Å². The number of aromatic nitrogens is 6. The lowest BCUT2D eigenvalue weighted by molar-refractivity contribution is -0.134. The maximum absolute atomic E-state index is 12.7. The van der Waals surface area contributed by atoms with Gasteiger partial charge >= 0.3 is 6.18 Å². The molecular weight excluding hydrogens is 609 g/mol. The molecule has 0 spiro atoms. The molecule has 0 atom stereocenters. The number of rotatable bonds is 10. The van der Waals surface area contributed by atoms with Crippen LogP contribution in [0.25, 0.3) is 22.6 Å². The fraction of sp³-hybridized carbons (Fsp3) is 0.433. The summed E-state index contributed by atoms with van der Waals surface area (Å²) in [6.07, 6.45) is 6.19. The van der Waals surface area contributed by atoms with Crippen molar-refractivity contribution in [2.75, 3.05) is 10.6 Å². The van der Waals surface area contributed by atoms with Crippen LogP contribution in [0.3, 0.4) is 0 Å². The van der Waals surface area contributed by atoms with E-state index in [1.807, 2.05) is 13.0 Å². The maximum atomic E-state index is 12.7. The van der Waals surface area contributed by atoms with Crippen molar-refractivity contribution in [2.24, 2.45) is 0 Å². The number of halogens is 3. The quantitative estimate of drug-likeness (QED) is 0.203. The van der Waals surface area contributed by atoms with Gasteiger partial charge in [0.1, 0.15) is 11.6 Å². The highest BCUT2D eigenvalue weighted by Gasteiger charge is 2.38. The molecule has 15 heteroatoms. The number of hydrogen-bond acceptors (Lipinski definition) is 10. The molecule has 0 saturated heterocycles. The van der Waals surface area contributed by atoms with Gasteiger partial charge in [0.25, 0.3) is 10.0 Å². The molecule has 4 heterocycles. The van der Waals surface area contributed by atoms with Crippen LogP contribution in [0, 0.1) is 0 Å². The Kier molecular flexibility index (Phi) is 8.24. The van der Waals surface area contributed by atoms with E-state index in [2.05, 4.69) is 35.7 Å². The Labute approximate surface area is 258 Å². The lowest BCUT2D eigenvalue weighted by Gasteiger charge is -2.34. The van der Waals surface area contributed by atoms with Crippen molar-refractivity contribution in [1.82, 2.24) is 29.1 Å². The monoisotopic (exact) mass is 642 g/mol. The number of hydrogen-bond donors (Lipinski definition) is 3. The predicted molar refractivity (Wildman–Crippen MR) is 162 cm³/mol. The van der Waals surface area contributed by atoms with Crippen molar-refractivity contribution >= 4 is 27.3 Å². The lowest BCUT2D eigenvalue weighted by atomic mass is 9.83. The second-order valence-electron chi connectivity index (χ2n) is 11.9. The van der Waals surface area contributed by atoms with Gasteiger partial charge in [-0.3, -0.25) is 4.98 Å². The van der Waals surface area contributed by atoms with Crippen molar-refractivity contribution in [3.8, 4) is 22.6 Å². The van der Waals surface area contributed by atoms with E-state index < -0.39 is 33.5 Å². The topological polar surface area (TPSA) is 148 Å². The van der Waals surface area contributed by atoms with Crippen LogP contribution < -0.4 is 10.6 Å². The molecule has 45 heavy (non-hydrogen) atoms. The molecular formula is C30H33F3N8O3S. The zero-order valence-corrected chi connectivity index (χ0v) is 25.3. The first-order valence-corrected chi connectivity index (χ1v) is 16.3. The first-order valence-electron chi connectivity index (χ1n) is 14.8. The predicted octanol–water partition coefficient (Wildman–Crippen LogP) is 5.48. The van der Waals surface area contributed by atoms with Gasteiger partial charge in [-0.1, -0.05) is 6.07 Å². The zero-order chi connectivity index (χ0) is 31.8. The molecule has 0 amide bonds. The normalized spacial score (nSPS) is 20.6. The smallest absolute Gasteiger partial charge is 0.389 e. The first kappa shape index (κ1) is 30.9. The lowest BCUT2D eigenvalue weighted by Crippen LogP contribution is -2.35. The molecule has 2 fully saturated rings. The average Bonchev–Trinajstić information content (AvgIpc) is 3.74.